The molecule has 2 aromatic rings. The van der Waals surface area contributed by atoms with Crippen molar-refractivity contribution in [3.05, 3.63) is 39.6 Å². The van der Waals surface area contributed by atoms with Gasteiger partial charge in [-0.2, -0.15) is 5.10 Å². The number of hydrogen-bond acceptors (Lipinski definition) is 3. The highest BCUT2D eigenvalue weighted by Crippen LogP contribution is 2.28. The van der Waals surface area contributed by atoms with Crippen LogP contribution >= 0.6 is 27.5 Å². The number of methoxy groups -OCH3 is 1. The Balaban J connectivity index is 2.21. The van der Waals surface area contributed by atoms with Crippen LogP contribution in [0.15, 0.2) is 22.7 Å². The van der Waals surface area contributed by atoms with Gasteiger partial charge in [-0.25, -0.2) is 0 Å². The molecule has 0 aliphatic carbocycles. The van der Waals surface area contributed by atoms with Crippen LogP contribution in [0.5, 0.6) is 11.5 Å². The highest BCUT2D eigenvalue weighted by molar-refractivity contribution is 9.10. The van der Waals surface area contributed by atoms with Gasteiger partial charge in [0.1, 0.15) is 18.1 Å². The number of hydrogen-bond donors (Lipinski definition) is 0. The standard InChI is InChI=1S/C15H18BrClN2O2/c1-4-12-15(16)13(19(2)18-12)9-21-14-7-11(20-3)6-5-10(14)8-17/h5-7H,4,8-9H2,1-3H3. The highest BCUT2D eigenvalue weighted by atomic mass is 79.9. The predicted molar refractivity (Wildman–Crippen MR) is 87.2 cm³/mol. The maximum absolute atomic E-state index is 5.95. The number of nitrogens with zero attached hydrogens (tertiary/aromatic N) is 2. The van der Waals surface area contributed by atoms with Gasteiger partial charge in [-0.15, -0.1) is 11.6 Å². The van der Waals surface area contributed by atoms with E-state index in [0.717, 1.165) is 39.3 Å². The lowest BCUT2D eigenvalue weighted by Gasteiger charge is -2.12. The predicted octanol–water partition coefficient (Wildman–Crippen LogP) is 4.07. The van der Waals surface area contributed by atoms with Gasteiger partial charge in [0.2, 0.25) is 0 Å². The summed E-state index contributed by atoms with van der Waals surface area (Å²) in [6.07, 6.45) is 0.876. The molecule has 0 amide bonds. The molecule has 0 unspecified atom stereocenters. The molecule has 0 spiro atoms. The van der Waals surface area contributed by atoms with Crippen LogP contribution in [0.3, 0.4) is 0 Å². The first-order valence-corrected chi connectivity index (χ1v) is 7.99. The van der Waals surface area contributed by atoms with Gasteiger partial charge in [0.25, 0.3) is 0 Å². The van der Waals surface area contributed by atoms with Gasteiger partial charge in [-0.05, 0) is 28.4 Å². The molecule has 0 aliphatic rings. The molecule has 1 aromatic carbocycles. The van der Waals surface area contributed by atoms with Crippen LogP contribution in [-0.4, -0.2) is 16.9 Å². The minimum absolute atomic E-state index is 0.395. The summed E-state index contributed by atoms with van der Waals surface area (Å²) in [6, 6.07) is 5.64. The van der Waals surface area contributed by atoms with E-state index in [0.29, 0.717) is 12.5 Å². The lowest BCUT2D eigenvalue weighted by Crippen LogP contribution is -2.05. The largest absolute Gasteiger partial charge is 0.497 e. The Kier molecular flexibility index (Phi) is 5.53. The molecule has 0 fully saturated rings. The fraction of sp³-hybridized carbons (Fsp3) is 0.400. The average molecular weight is 374 g/mol. The molecule has 2 rings (SSSR count). The number of ether oxygens (including phenoxy) is 2. The summed E-state index contributed by atoms with van der Waals surface area (Å²) < 4.78 is 14.0. The van der Waals surface area contributed by atoms with Crippen molar-refractivity contribution in [2.45, 2.75) is 25.8 Å². The third-order valence-corrected chi connectivity index (χ3v) is 4.49. The molecular weight excluding hydrogens is 356 g/mol. The fourth-order valence-electron chi connectivity index (χ4n) is 2.03. The van der Waals surface area contributed by atoms with E-state index in [1.807, 2.05) is 29.9 Å². The van der Waals surface area contributed by atoms with Gasteiger partial charge in [0.15, 0.2) is 0 Å². The van der Waals surface area contributed by atoms with E-state index < -0.39 is 0 Å². The Labute approximate surface area is 138 Å². The average Bonchev–Trinajstić information content (AvgIpc) is 2.79. The van der Waals surface area contributed by atoms with E-state index in [9.17, 15) is 0 Å². The summed E-state index contributed by atoms with van der Waals surface area (Å²) in [5.41, 5.74) is 2.96. The SMILES string of the molecule is CCc1nn(C)c(COc2cc(OC)ccc2CCl)c1Br. The summed E-state index contributed by atoms with van der Waals surface area (Å²) in [5, 5.41) is 4.46. The normalized spacial score (nSPS) is 10.7. The molecule has 0 bridgehead atoms. The molecule has 0 atom stereocenters. The Morgan fingerprint density at radius 1 is 1.38 bits per heavy atom. The lowest BCUT2D eigenvalue weighted by atomic mass is 10.2. The number of benzene rings is 1. The number of alkyl halides is 1. The van der Waals surface area contributed by atoms with E-state index in [4.69, 9.17) is 21.1 Å². The van der Waals surface area contributed by atoms with Gasteiger partial charge in [-0.3, -0.25) is 4.68 Å². The molecule has 1 aromatic heterocycles. The van der Waals surface area contributed by atoms with Crippen LogP contribution in [0.25, 0.3) is 0 Å². The van der Waals surface area contributed by atoms with Crippen molar-refractivity contribution in [3.8, 4) is 11.5 Å². The lowest BCUT2D eigenvalue weighted by molar-refractivity contribution is 0.289. The molecule has 0 radical (unpaired) electrons. The molecule has 0 saturated heterocycles. The van der Waals surface area contributed by atoms with Crippen LogP contribution in [0.1, 0.15) is 23.9 Å². The molecule has 21 heavy (non-hydrogen) atoms. The Morgan fingerprint density at radius 2 is 2.14 bits per heavy atom. The van der Waals surface area contributed by atoms with Crippen molar-refractivity contribution < 1.29 is 9.47 Å². The van der Waals surface area contributed by atoms with Crippen molar-refractivity contribution in [3.63, 3.8) is 0 Å². The van der Waals surface area contributed by atoms with Crippen LogP contribution in [0.4, 0.5) is 0 Å². The first kappa shape index (κ1) is 16.2. The van der Waals surface area contributed by atoms with Gasteiger partial charge in [0, 0.05) is 18.7 Å². The number of halogens is 2. The van der Waals surface area contributed by atoms with E-state index in [-0.39, 0.29) is 0 Å². The van der Waals surface area contributed by atoms with Crippen LogP contribution < -0.4 is 9.47 Å². The molecule has 1 heterocycles. The molecule has 0 aliphatic heterocycles. The molecule has 6 heteroatoms. The molecule has 0 saturated carbocycles. The zero-order chi connectivity index (χ0) is 15.4. The van der Waals surface area contributed by atoms with Crippen molar-refractivity contribution in [2.24, 2.45) is 7.05 Å². The maximum atomic E-state index is 5.95. The van der Waals surface area contributed by atoms with Crippen molar-refractivity contribution in [1.29, 1.82) is 0 Å². The van der Waals surface area contributed by atoms with E-state index >= 15 is 0 Å². The first-order chi connectivity index (χ1) is 10.1. The highest BCUT2D eigenvalue weighted by Gasteiger charge is 2.14. The van der Waals surface area contributed by atoms with Crippen molar-refractivity contribution in [2.75, 3.05) is 7.11 Å². The molecular formula is C15H18BrClN2O2. The van der Waals surface area contributed by atoms with Gasteiger partial charge in [-0.1, -0.05) is 13.0 Å². The van der Waals surface area contributed by atoms with E-state index in [2.05, 4.69) is 28.0 Å². The van der Waals surface area contributed by atoms with Gasteiger partial charge >= 0.3 is 0 Å². The zero-order valence-electron chi connectivity index (χ0n) is 12.3. The molecule has 114 valence electrons. The van der Waals surface area contributed by atoms with Crippen LogP contribution in [0, 0.1) is 0 Å². The van der Waals surface area contributed by atoms with Crippen LogP contribution in [-0.2, 0) is 26.0 Å². The first-order valence-electron chi connectivity index (χ1n) is 6.66. The number of rotatable bonds is 6. The third kappa shape index (κ3) is 3.52. The topological polar surface area (TPSA) is 36.3 Å². The second kappa shape index (κ2) is 7.18. The Morgan fingerprint density at radius 3 is 2.71 bits per heavy atom. The quantitative estimate of drug-likeness (QED) is 0.716. The van der Waals surface area contributed by atoms with E-state index in [1.165, 1.54) is 0 Å². The van der Waals surface area contributed by atoms with Gasteiger partial charge < -0.3 is 9.47 Å². The summed E-state index contributed by atoms with van der Waals surface area (Å²) in [5.74, 6) is 1.87. The monoisotopic (exact) mass is 372 g/mol. The Bertz CT molecular complexity index is 628. The second-order valence-electron chi connectivity index (χ2n) is 4.58. The van der Waals surface area contributed by atoms with Crippen LogP contribution in [0.2, 0.25) is 0 Å². The fourth-order valence-corrected chi connectivity index (χ4v) is 2.98. The molecule has 0 N–H and O–H groups in total. The summed E-state index contributed by atoms with van der Waals surface area (Å²) >= 11 is 9.54. The molecule has 4 nitrogen and oxygen atoms in total. The number of aromatic nitrogens is 2. The summed E-state index contributed by atoms with van der Waals surface area (Å²) in [6.45, 7) is 2.49. The number of aryl methyl sites for hydroxylation is 2. The Hall–Kier alpha value is -1.20. The third-order valence-electron chi connectivity index (χ3n) is 3.29. The smallest absolute Gasteiger partial charge is 0.131 e. The summed E-state index contributed by atoms with van der Waals surface area (Å²) in [4.78, 5) is 0. The minimum atomic E-state index is 0.395. The van der Waals surface area contributed by atoms with E-state index in [1.54, 1.807) is 7.11 Å². The zero-order valence-corrected chi connectivity index (χ0v) is 14.7. The van der Waals surface area contributed by atoms with Gasteiger partial charge in [0.05, 0.1) is 28.9 Å². The van der Waals surface area contributed by atoms with Crippen molar-refractivity contribution >= 4 is 27.5 Å². The minimum Gasteiger partial charge on any atom is -0.497 e. The van der Waals surface area contributed by atoms with Crippen molar-refractivity contribution in [1.82, 2.24) is 9.78 Å². The summed E-state index contributed by atoms with van der Waals surface area (Å²) in [7, 11) is 3.54. The maximum Gasteiger partial charge on any atom is 0.131 e. The second-order valence-corrected chi connectivity index (χ2v) is 5.64.